The van der Waals surface area contributed by atoms with E-state index in [1.54, 1.807) is 18.2 Å². The number of ether oxygens (including phenoxy) is 2. The summed E-state index contributed by atoms with van der Waals surface area (Å²) in [6, 6.07) is 14.5. The Bertz CT molecular complexity index is 1730. The summed E-state index contributed by atoms with van der Waals surface area (Å²) in [4.78, 5) is 0. The Morgan fingerprint density at radius 2 is 1.32 bits per heavy atom. The van der Waals surface area contributed by atoms with Crippen molar-refractivity contribution in [3.05, 3.63) is 130 Å². The van der Waals surface area contributed by atoms with Crippen LogP contribution in [-0.2, 0) is 34.5 Å². The zero-order valence-electron chi connectivity index (χ0n) is 27.4. The van der Waals surface area contributed by atoms with E-state index in [0.29, 0.717) is 43.4 Å². The van der Waals surface area contributed by atoms with Gasteiger partial charge < -0.3 is 9.47 Å². The lowest BCUT2D eigenvalue weighted by atomic mass is 9.82. The molecule has 0 radical (unpaired) electrons. The molecule has 0 saturated heterocycles. The van der Waals surface area contributed by atoms with Crippen molar-refractivity contribution in [3.8, 4) is 11.1 Å². The normalized spacial score (nSPS) is 16.9. The summed E-state index contributed by atoms with van der Waals surface area (Å²) in [6.07, 6.45) is -3.00. The molecule has 1 aliphatic carbocycles. The zero-order chi connectivity index (χ0) is 36.1. The summed E-state index contributed by atoms with van der Waals surface area (Å²) >= 11 is 0. The van der Waals surface area contributed by atoms with Gasteiger partial charge in [-0.2, -0.15) is 17.6 Å². The average Bonchev–Trinajstić information content (AvgIpc) is 3.07. The first kappa shape index (κ1) is 37.4. The smallest absolute Gasteiger partial charge is 0.316 e. The molecule has 1 aliphatic rings. The van der Waals surface area contributed by atoms with Crippen LogP contribution in [0.1, 0.15) is 85.6 Å². The predicted molar refractivity (Wildman–Crippen MR) is 171 cm³/mol. The Balaban J connectivity index is 1.16. The number of benzene rings is 4. The summed E-state index contributed by atoms with van der Waals surface area (Å²) in [5.41, 5.74) is 0.140. The molecule has 4 aromatic rings. The van der Waals surface area contributed by atoms with Crippen LogP contribution in [0.5, 0.6) is 0 Å². The fraction of sp³-hybridized carbons (Fsp3) is 0.385. The largest absolute Gasteiger partial charge is 0.386 e. The molecular weight excluding hydrogens is 671 g/mol. The van der Waals surface area contributed by atoms with Gasteiger partial charge in [0, 0.05) is 5.56 Å². The van der Waals surface area contributed by atoms with Gasteiger partial charge in [-0.1, -0.05) is 62.2 Å². The number of aryl methyl sites for hydroxylation is 1. The van der Waals surface area contributed by atoms with E-state index < -0.39 is 66.0 Å². The minimum atomic E-state index is -4.13. The van der Waals surface area contributed by atoms with E-state index in [9.17, 15) is 35.1 Å². The highest BCUT2D eigenvalue weighted by atomic mass is 19.3. The molecule has 0 N–H and O–H groups in total. The van der Waals surface area contributed by atoms with Gasteiger partial charge >= 0.3 is 12.2 Å². The van der Waals surface area contributed by atoms with Crippen LogP contribution >= 0.6 is 0 Å². The highest BCUT2D eigenvalue weighted by molar-refractivity contribution is 5.65. The van der Waals surface area contributed by atoms with E-state index in [1.807, 2.05) is 0 Å². The molecule has 0 spiro atoms. The van der Waals surface area contributed by atoms with Crippen LogP contribution in [0.4, 0.5) is 39.5 Å². The molecule has 0 amide bonds. The van der Waals surface area contributed by atoms with Crippen LogP contribution in [0.2, 0.25) is 0 Å². The molecule has 0 heterocycles. The van der Waals surface area contributed by atoms with E-state index in [1.165, 1.54) is 24.3 Å². The predicted octanol–water partition coefficient (Wildman–Crippen LogP) is 11.9. The summed E-state index contributed by atoms with van der Waals surface area (Å²) in [7, 11) is 0. The Morgan fingerprint density at radius 1 is 0.640 bits per heavy atom. The van der Waals surface area contributed by atoms with Gasteiger partial charge in [-0.3, -0.25) is 0 Å². The van der Waals surface area contributed by atoms with Crippen molar-refractivity contribution in [1.82, 2.24) is 0 Å². The van der Waals surface area contributed by atoms with Crippen LogP contribution in [0.3, 0.4) is 0 Å². The lowest BCUT2D eigenvalue weighted by Crippen LogP contribution is -2.29. The zero-order valence-corrected chi connectivity index (χ0v) is 27.4. The van der Waals surface area contributed by atoms with Gasteiger partial charge in [-0.25, -0.2) is 22.0 Å². The summed E-state index contributed by atoms with van der Waals surface area (Å²) in [5.74, 6) is -6.85. The first-order valence-corrected chi connectivity index (χ1v) is 16.7. The van der Waals surface area contributed by atoms with Crippen LogP contribution in [0.15, 0.2) is 72.8 Å². The van der Waals surface area contributed by atoms with Crippen LogP contribution in [-0.4, -0.2) is 12.7 Å². The topological polar surface area (TPSA) is 18.5 Å². The van der Waals surface area contributed by atoms with E-state index >= 15 is 4.39 Å². The maximum Gasteiger partial charge on any atom is 0.386 e. The van der Waals surface area contributed by atoms with Crippen LogP contribution in [0, 0.1) is 29.1 Å². The molecule has 50 heavy (non-hydrogen) atoms. The molecule has 1 fully saturated rings. The number of alkyl halides is 4. The Labute approximate surface area is 285 Å². The second-order valence-corrected chi connectivity index (χ2v) is 12.7. The average molecular weight is 709 g/mol. The number of halogens is 9. The van der Waals surface area contributed by atoms with E-state index in [4.69, 9.17) is 4.74 Å². The SMILES string of the molecule is CCCCCc1ccc(C(F)(F)OC2CCC(c3ccc(-c4ccc(C(F)(F)OCCc5cc(F)c(F)c(F)c5)c(F)c4)c(F)c3)CC2)cc1. The summed E-state index contributed by atoms with van der Waals surface area (Å²) < 4.78 is 139. The second kappa shape index (κ2) is 16.0. The quantitative estimate of drug-likeness (QED) is 0.0738. The van der Waals surface area contributed by atoms with Gasteiger partial charge in [-0.15, -0.1) is 0 Å². The summed E-state index contributed by atoms with van der Waals surface area (Å²) in [6.45, 7) is 1.34. The van der Waals surface area contributed by atoms with Crippen LogP contribution in [0.25, 0.3) is 11.1 Å². The Hall–Kier alpha value is -3.83. The van der Waals surface area contributed by atoms with E-state index in [0.717, 1.165) is 49.4 Å². The molecule has 0 unspecified atom stereocenters. The highest BCUT2D eigenvalue weighted by Gasteiger charge is 2.38. The lowest BCUT2D eigenvalue weighted by molar-refractivity contribution is -0.277. The number of unbranched alkanes of at least 4 members (excludes halogenated alkanes) is 2. The van der Waals surface area contributed by atoms with Crippen molar-refractivity contribution in [1.29, 1.82) is 0 Å². The Kier molecular flexibility index (Phi) is 12.0. The molecule has 0 atom stereocenters. The molecule has 11 heteroatoms. The van der Waals surface area contributed by atoms with E-state index in [2.05, 4.69) is 11.7 Å². The summed E-state index contributed by atoms with van der Waals surface area (Å²) in [5, 5.41) is 0. The molecule has 0 bridgehead atoms. The van der Waals surface area contributed by atoms with Gasteiger partial charge in [0.15, 0.2) is 17.5 Å². The van der Waals surface area contributed by atoms with Gasteiger partial charge in [0.05, 0.1) is 23.8 Å². The van der Waals surface area contributed by atoms with Crippen molar-refractivity contribution < 1.29 is 49.0 Å². The maximum atomic E-state index is 15.3. The molecule has 4 aromatic carbocycles. The Morgan fingerprint density at radius 3 is 1.94 bits per heavy atom. The number of rotatable bonds is 14. The van der Waals surface area contributed by atoms with Crippen LogP contribution < -0.4 is 0 Å². The second-order valence-electron chi connectivity index (χ2n) is 12.7. The van der Waals surface area contributed by atoms with Crippen molar-refractivity contribution in [2.45, 2.75) is 89.0 Å². The first-order chi connectivity index (χ1) is 23.8. The van der Waals surface area contributed by atoms with Gasteiger partial charge in [0.2, 0.25) is 0 Å². The van der Waals surface area contributed by atoms with Crippen molar-refractivity contribution >= 4 is 0 Å². The number of hydrogen-bond donors (Lipinski definition) is 0. The molecule has 2 nitrogen and oxygen atoms in total. The maximum absolute atomic E-state index is 15.3. The molecular formula is C39H37F9O2. The first-order valence-electron chi connectivity index (χ1n) is 16.7. The van der Waals surface area contributed by atoms with Crippen molar-refractivity contribution in [3.63, 3.8) is 0 Å². The molecule has 1 saturated carbocycles. The third-order valence-corrected chi connectivity index (χ3v) is 9.12. The molecule has 268 valence electrons. The van der Waals surface area contributed by atoms with Crippen molar-refractivity contribution in [2.24, 2.45) is 0 Å². The minimum absolute atomic E-state index is 0.00306. The van der Waals surface area contributed by atoms with Crippen molar-refractivity contribution in [2.75, 3.05) is 6.61 Å². The number of hydrogen-bond acceptors (Lipinski definition) is 2. The fourth-order valence-corrected chi connectivity index (χ4v) is 6.30. The molecule has 5 rings (SSSR count). The fourth-order valence-electron chi connectivity index (χ4n) is 6.30. The standard InChI is InChI=1S/C39H37F9O2/c1-2-3-4-5-24-6-12-29(13-7-24)38(45,46)50-30-14-8-26(9-15-30)27-10-16-31(33(40)22-27)28-11-17-32(34(41)23-28)39(47,48)49-19-18-25-20-35(42)37(44)36(43)21-25/h6-7,10-13,16-17,20-23,26,30H,2-5,8-9,14-15,18-19H2,1H3. The third-order valence-electron chi connectivity index (χ3n) is 9.12. The van der Waals surface area contributed by atoms with Gasteiger partial charge in [0.25, 0.3) is 0 Å². The monoisotopic (exact) mass is 708 g/mol. The molecule has 0 aliphatic heterocycles. The minimum Gasteiger partial charge on any atom is -0.316 e. The molecule has 0 aromatic heterocycles. The lowest BCUT2D eigenvalue weighted by Gasteiger charge is -2.31. The van der Waals surface area contributed by atoms with Gasteiger partial charge in [-0.05, 0) is 103 Å². The highest BCUT2D eigenvalue weighted by Crippen LogP contribution is 2.40. The van der Waals surface area contributed by atoms with E-state index in [-0.39, 0.29) is 28.2 Å². The van der Waals surface area contributed by atoms with Gasteiger partial charge in [0.1, 0.15) is 11.6 Å². The third kappa shape index (κ3) is 9.09.